The average Bonchev–Trinajstić information content (AvgIpc) is 2.78. The van der Waals surface area contributed by atoms with Crippen LogP contribution in [0.1, 0.15) is 27.1 Å². The van der Waals surface area contributed by atoms with E-state index in [2.05, 4.69) is 0 Å². The van der Waals surface area contributed by atoms with E-state index in [0.29, 0.717) is 28.2 Å². The van der Waals surface area contributed by atoms with E-state index >= 15 is 0 Å². The van der Waals surface area contributed by atoms with Crippen molar-refractivity contribution in [2.45, 2.75) is 11.3 Å². The molecule has 1 aliphatic heterocycles. The quantitative estimate of drug-likeness (QED) is 0.475. The van der Waals surface area contributed by atoms with E-state index < -0.39 is 11.6 Å². The summed E-state index contributed by atoms with van der Waals surface area (Å²) < 4.78 is 26.3. The Morgan fingerprint density at radius 2 is 1.61 bits per heavy atom. The fraction of sp³-hybridized carbons (Fsp3) is 0.176. The van der Waals surface area contributed by atoms with Gasteiger partial charge in [-0.05, 0) is 36.4 Å². The van der Waals surface area contributed by atoms with Gasteiger partial charge >= 0.3 is 0 Å². The summed E-state index contributed by atoms with van der Waals surface area (Å²) in [4.78, 5) is 25.9. The molecule has 3 nitrogen and oxygen atoms in total. The minimum atomic E-state index is -0.613. The first kappa shape index (κ1) is 15.7. The first-order valence-electron chi connectivity index (χ1n) is 7.11. The summed E-state index contributed by atoms with van der Waals surface area (Å²) >= 11 is 1.23. The Hall–Kier alpha value is -2.21. The van der Waals surface area contributed by atoms with Gasteiger partial charge < -0.3 is 0 Å². The molecule has 1 heterocycles. The number of fused-ring (bicyclic) bond motifs is 1. The van der Waals surface area contributed by atoms with E-state index in [0.717, 1.165) is 6.07 Å². The molecular formula is C17H13F2NO2S. The van der Waals surface area contributed by atoms with Gasteiger partial charge in [0.2, 0.25) is 0 Å². The number of thioether (sulfide) groups is 1. The molecule has 3 rings (SSSR count). The fourth-order valence-corrected chi connectivity index (χ4v) is 3.29. The minimum absolute atomic E-state index is 0.280. The van der Waals surface area contributed by atoms with Gasteiger partial charge in [-0.2, -0.15) is 0 Å². The minimum Gasteiger partial charge on any atom is -0.274 e. The molecule has 0 fully saturated rings. The van der Waals surface area contributed by atoms with Crippen LogP contribution >= 0.6 is 11.8 Å². The van der Waals surface area contributed by atoms with Crippen molar-refractivity contribution in [1.29, 1.82) is 0 Å². The van der Waals surface area contributed by atoms with E-state index in [1.165, 1.54) is 28.8 Å². The molecule has 0 aliphatic carbocycles. The number of rotatable bonds is 5. The Bertz CT molecular complexity index is 744. The zero-order valence-corrected chi connectivity index (χ0v) is 12.9. The van der Waals surface area contributed by atoms with Gasteiger partial charge in [0.15, 0.2) is 0 Å². The molecule has 1 aliphatic rings. The highest BCUT2D eigenvalue weighted by molar-refractivity contribution is 7.99. The highest BCUT2D eigenvalue weighted by atomic mass is 32.2. The molecule has 23 heavy (non-hydrogen) atoms. The molecule has 0 N–H and O–H groups in total. The molecule has 0 saturated heterocycles. The van der Waals surface area contributed by atoms with Gasteiger partial charge in [-0.25, -0.2) is 8.78 Å². The maximum Gasteiger partial charge on any atom is 0.261 e. The maximum absolute atomic E-state index is 13.5. The normalized spacial score (nSPS) is 13.6. The number of nitrogens with zero attached hydrogens (tertiary/aromatic N) is 1. The molecular weight excluding hydrogens is 320 g/mol. The number of hydrogen-bond acceptors (Lipinski definition) is 3. The highest BCUT2D eigenvalue weighted by Crippen LogP contribution is 2.25. The molecule has 2 aromatic carbocycles. The van der Waals surface area contributed by atoms with Crippen molar-refractivity contribution in [1.82, 2.24) is 4.90 Å². The van der Waals surface area contributed by atoms with Crippen molar-refractivity contribution < 1.29 is 18.4 Å². The lowest BCUT2D eigenvalue weighted by molar-refractivity contribution is 0.0655. The zero-order chi connectivity index (χ0) is 16.4. The summed E-state index contributed by atoms with van der Waals surface area (Å²) in [6.07, 6.45) is 0.535. The van der Waals surface area contributed by atoms with Crippen molar-refractivity contribution in [3.8, 4) is 0 Å². The smallest absolute Gasteiger partial charge is 0.261 e. The van der Waals surface area contributed by atoms with Crippen molar-refractivity contribution in [3.63, 3.8) is 0 Å². The second-order valence-corrected chi connectivity index (χ2v) is 6.22. The summed E-state index contributed by atoms with van der Waals surface area (Å²) in [5.74, 6) is -1.27. The molecule has 0 spiro atoms. The van der Waals surface area contributed by atoms with Gasteiger partial charge in [0.1, 0.15) is 11.6 Å². The third-order valence-corrected chi connectivity index (χ3v) is 4.69. The first-order chi connectivity index (χ1) is 11.1. The van der Waals surface area contributed by atoms with Crippen LogP contribution < -0.4 is 0 Å². The molecule has 118 valence electrons. The van der Waals surface area contributed by atoms with Crippen LogP contribution in [0.5, 0.6) is 0 Å². The molecule has 0 unspecified atom stereocenters. The number of benzene rings is 2. The van der Waals surface area contributed by atoms with Gasteiger partial charge in [0.05, 0.1) is 11.1 Å². The average molecular weight is 333 g/mol. The van der Waals surface area contributed by atoms with Crippen molar-refractivity contribution >= 4 is 23.6 Å². The molecule has 0 saturated carbocycles. The summed E-state index contributed by atoms with van der Waals surface area (Å²) in [7, 11) is 0. The molecule has 0 atom stereocenters. The molecule has 2 aromatic rings. The van der Waals surface area contributed by atoms with Gasteiger partial charge in [-0.15, -0.1) is 11.8 Å². The van der Waals surface area contributed by atoms with Crippen LogP contribution in [-0.2, 0) is 0 Å². The van der Waals surface area contributed by atoms with Gasteiger partial charge in [0, 0.05) is 17.5 Å². The molecule has 0 radical (unpaired) electrons. The van der Waals surface area contributed by atoms with Gasteiger partial charge in [-0.1, -0.05) is 12.1 Å². The lowest BCUT2D eigenvalue weighted by Crippen LogP contribution is -2.30. The van der Waals surface area contributed by atoms with Gasteiger partial charge in [-0.3, -0.25) is 14.5 Å². The standard InChI is InChI=1S/C17H13F2NO2S/c18-11-6-7-15(14(19)10-11)23-9-3-8-20-16(21)12-4-1-2-5-13(12)17(20)22/h1-2,4-7,10H,3,8-9H2. The number of hydrogen-bond donors (Lipinski definition) is 0. The number of halogens is 2. The Morgan fingerprint density at radius 3 is 2.22 bits per heavy atom. The summed E-state index contributed by atoms with van der Waals surface area (Å²) in [6.45, 7) is 0.280. The summed E-state index contributed by atoms with van der Waals surface area (Å²) in [5.41, 5.74) is 0.851. The maximum atomic E-state index is 13.5. The lowest BCUT2D eigenvalue weighted by atomic mass is 10.1. The van der Waals surface area contributed by atoms with Crippen LogP contribution in [0.25, 0.3) is 0 Å². The second-order valence-electron chi connectivity index (χ2n) is 5.08. The predicted molar refractivity (Wildman–Crippen MR) is 83.5 cm³/mol. The van der Waals surface area contributed by atoms with E-state index in [1.807, 2.05) is 0 Å². The predicted octanol–water partition coefficient (Wildman–Crippen LogP) is 3.74. The number of carbonyl (C=O) groups excluding carboxylic acids is 2. The SMILES string of the molecule is O=C1c2ccccc2C(=O)N1CCCSc1ccc(F)cc1F. The zero-order valence-electron chi connectivity index (χ0n) is 12.1. The van der Waals surface area contributed by atoms with Crippen molar-refractivity contribution in [2.24, 2.45) is 0 Å². The largest absolute Gasteiger partial charge is 0.274 e. The lowest BCUT2D eigenvalue weighted by Gasteiger charge is -2.13. The topological polar surface area (TPSA) is 37.4 Å². The fourth-order valence-electron chi connectivity index (χ4n) is 2.44. The van der Waals surface area contributed by atoms with E-state index in [1.54, 1.807) is 24.3 Å². The Morgan fingerprint density at radius 1 is 0.957 bits per heavy atom. The van der Waals surface area contributed by atoms with E-state index in [4.69, 9.17) is 0 Å². The highest BCUT2D eigenvalue weighted by Gasteiger charge is 2.34. The number of carbonyl (C=O) groups is 2. The third kappa shape index (κ3) is 3.12. The summed E-state index contributed by atoms with van der Waals surface area (Å²) in [6, 6.07) is 10.1. The van der Waals surface area contributed by atoms with Crippen LogP contribution in [0, 0.1) is 11.6 Å². The van der Waals surface area contributed by atoms with Crippen LogP contribution in [0.4, 0.5) is 8.78 Å². The van der Waals surface area contributed by atoms with Crippen LogP contribution in [0.2, 0.25) is 0 Å². The van der Waals surface area contributed by atoms with Gasteiger partial charge in [0.25, 0.3) is 11.8 Å². The molecule has 2 amide bonds. The molecule has 0 bridgehead atoms. The third-order valence-electron chi connectivity index (χ3n) is 3.56. The van der Waals surface area contributed by atoms with E-state index in [-0.39, 0.29) is 18.4 Å². The molecule has 6 heteroatoms. The number of amides is 2. The summed E-state index contributed by atoms with van der Waals surface area (Å²) in [5, 5.41) is 0. The van der Waals surface area contributed by atoms with E-state index in [9.17, 15) is 18.4 Å². The van der Waals surface area contributed by atoms with Crippen LogP contribution in [0.15, 0.2) is 47.4 Å². The van der Waals surface area contributed by atoms with Crippen LogP contribution in [0.3, 0.4) is 0 Å². The van der Waals surface area contributed by atoms with Crippen molar-refractivity contribution in [2.75, 3.05) is 12.3 Å². The number of imide groups is 1. The second kappa shape index (κ2) is 6.50. The Kier molecular flexibility index (Phi) is 4.43. The Labute approximate surface area is 136 Å². The first-order valence-corrected chi connectivity index (χ1v) is 8.09. The Balaban J connectivity index is 1.56. The van der Waals surface area contributed by atoms with Crippen molar-refractivity contribution in [3.05, 3.63) is 65.2 Å². The molecule has 0 aromatic heterocycles. The monoisotopic (exact) mass is 333 g/mol. The van der Waals surface area contributed by atoms with Crippen LogP contribution in [-0.4, -0.2) is 29.0 Å².